The lowest BCUT2D eigenvalue weighted by Crippen LogP contribution is -2.22. The molecule has 0 saturated carbocycles. The van der Waals surface area contributed by atoms with Crippen LogP contribution in [0.4, 0.5) is 0 Å². The van der Waals surface area contributed by atoms with Crippen LogP contribution in [0.5, 0.6) is 0 Å². The minimum absolute atomic E-state index is 0.0916. The van der Waals surface area contributed by atoms with E-state index in [4.69, 9.17) is 46.4 Å². The normalized spacial score (nSPS) is 14.0. The van der Waals surface area contributed by atoms with Gasteiger partial charge in [-0.1, -0.05) is 46.4 Å². The zero-order valence-corrected chi connectivity index (χ0v) is 14.7. The summed E-state index contributed by atoms with van der Waals surface area (Å²) in [5.74, 6) is 0. The molecule has 0 amide bonds. The van der Waals surface area contributed by atoms with E-state index in [2.05, 4.69) is 19.2 Å². The van der Waals surface area contributed by atoms with Crippen molar-refractivity contribution < 1.29 is 0 Å². The van der Waals surface area contributed by atoms with Gasteiger partial charge in [0, 0.05) is 32.2 Å². The van der Waals surface area contributed by atoms with E-state index in [9.17, 15) is 0 Å². The van der Waals surface area contributed by atoms with Crippen LogP contribution in [0.1, 0.15) is 37.1 Å². The molecule has 0 spiro atoms. The van der Waals surface area contributed by atoms with Gasteiger partial charge >= 0.3 is 0 Å². The first-order chi connectivity index (χ1) is 9.85. The van der Waals surface area contributed by atoms with Crippen molar-refractivity contribution in [3.05, 3.63) is 67.6 Å². The van der Waals surface area contributed by atoms with Crippen molar-refractivity contribution >= 4 is 46.4 Å². The van der Waals surface area contributed by atoms with E-state index >= 15 is 0 Å². The zero-order chi connectivity index (χ0) is 15.6. The van der Waals surface area contributed by atoms with Crippen LogP contribution in [0.25, 0.3) is 0 Å². The predicted octanol–water partition coefficient (Wildman–Crippen LogP) is 6.71. The second-order valence-corrected chi connectivity index (χ2v) is 6.76. The first-order valence-corrected chi connectivity index (χ1v) is 8.04. The molecule has 112 valence electrons. The van der Waals surface area contributed by atoms with Crippen molar-refractivity contribution in [2.75, 3.05) is 0 Å². The fourth-order valence-corrected chi connectivity index (χ4v) is 3.30. The predicted molar refractivity (Wildman–Crippen MR) is 92.9 cm³/mol. The zero-order valence-electron chi connectivity index (χ0n) is 11.6. The number of halogens is 4. The largest absolute Gasteiger partial charge is 0.304 e. The second-order valence-electron chi connectivity index (χ2n) is 5.02. The van der Waals surface area contributed by atoms with E-state index in [0.717, 1.165) is 11.1 Å². The summed E-state index contributed by atoms with van der Waals surface area (Å²) < 4.78 is 0. The number of nitrogens with one attached hydrogen (secondary N) is 1. The molecule has 0 saturated heterocycles. The van der Waals surface area contributed by atoms with Crippen LogP contribution in [-0.4, -0.2) is 0 Å². The molecule has 1 N–H and O–H groups in total. The monoisotopic (exact) mass is 361 g/mol. The van der Waals surface area contributed by atoms with Gasteiger partial charge in [-0.25, -0.2) is 0 Å². The van der Waals surface area contributed by atoms with Gasteiger partial charge in [-0.05, 0) is 61.4 Å². The first kappa shape index (κ1) is 16.9. The summed E-state index contributed by atoms with van der Waals surface area (Å²) in [4.78, 5) is 0. The summed E-state index contributed by atoms with van der Waals surface area (Å²) in [6.07, 6.45) is 0. The first-order valence-electron chi connectivity index (χ1n) is 6.53. The molecule has 0 aliphatic carbocycles. The highest BCUT2D eigenvalue weighted by atomic mass is 35.5. The van der Waals surface area contributed by atoms with Crippen LogP contribution >= 0.6 is 46.4 Å². The fraction of sp³-hybridized carbons (Fsp3) is 0.250. The maximum Gasteiger partial charge on any atom is 0.0424 e. The van der Waals surface area contributed by atoms with Crippen LogP contribution in [-0.2, 0) is 0 Å². The van der Waals surface area contributed by atoms with Gasteiger partial charge in [0.1, 0.15) is 0 Å². The Morgan fingerprint density at radius 3 is 1.19 bits per heavy atom. The Labute approximate surface area is 145 Å². The van der Waals surface area contributed by atoms with Crippen LogP contribution in [0.2, 0.25) is 20.1 Å². The van der Waals surface area contributed by atoms with E-state index < -0.39 is 0 Å². The summed E-state index contributed by atoms with van der Waals surface area (Å²) in [6, 6.07) is 11.2. The van der Waals surface area contributed by atoms with Crippen LogP contribution in [0, 0.1) is 0 Å². The second kappa shape index (κ2) is 7.21. The number of hydrogen-bond acceptors (Lipinski definition) is 1. The molecule has 2 unspecified atom stereocenters. The van der Waals surface area contributed by atoms with Crippen molar-refractivity contribution in [3.8, 4) is 0 Å². The smallest absolute Gasteiger partial charge is 0.0424 e. The van der Waals surface area contributed by atoms with Crippen molar-refractivity contribution in [2.45, 2.75) is 25.9 Å². The summed E-state index contributed by atoms with van der Waals surface area (Å²) in [6.45, 7) is 4.12. The van der Waals surface area contributed by atoms with E-state index in [-0.39, 0.29) is 12.1 Å². The molecule has 5 heteroatoms. The lowest BCUT2D eigenvalue weighted by molar-refractivity contribution is 0.495. The van der Waals surface area contributed by atoms with E-state index in [0.29, 0.717) is 20.1 Å². The fourth-order valence-electron chi connectivity index (χ4n) is 2.22. The molecule has 0 heterocycles. The average molecular weight is 363 g/mol. The SMILES string of the molecule is CC(NC(C)c1cc(Cl)cc(Cl)c1)c1cc(Cl)cc(Cl)c1. The standard InChI is InChI=1S/C16H15Cl4N/c1-9(11-3-13(17)7-14(18)4-11)21-10(2)12-5-15(19)8-16(20)6-12/h3-10,21H,1-2H3. The third-order valence-corrected chi connectivity index (χ3v) is 4.14. The summed E-state index contributed by atoms with van der Waals surface area (Å²) in [7, 11) is 0. The lowest BCUT2D eigenvalue weighted by Gasteiger charge is -2.21. The molecule has 2 aromatic carbocycles. The third kappa shape index (κ3) is 4.77. The summed E-state index contributed by atoms with van der Waals surface area (Å²) in [5, 5.41) is 6.00. The Kier molecular flexibility index (Phi) is 5.81. The minimum atomic E-state index is 0.0916. The topological polar surface area (TPSA) is 12.0 Å². The molecular formula is C16H15Cl4N. The van der Waals surface area contributed by atoms with Crippen molar-refractivity contribution in [2.24, 2.45) is 0 Å². The Balaban J connectivity index is 2.16. The molecule has 0 radical (unpaired) electrons. The lowest BCUT2D eigenvalue weighted by atomic mass is 10.0. The van der Waals surface area contributed by atoms with Crippen LogP contribution in [0.3, 0.4) is 0 Å². The molecule has 2 aromatic rings. The maximum atomic E-state index is 6.04. The number of rotatable bonds is 4. The van der Waals surface area contributed by atoms with E-state index in [1.165, 1.54) is 0 Å². The Bertz CT molecular complexity index is 546. The Morgan fingerprint density at radius 1 is 0.619 bits per heavy atom. The molecule has 2 atom stereocenters. The molecule has 2 rings (SSSR count). The van der Waals surface area contributed by atoms with Gasteiger partial charge in [0.15, 0.2) is 0 Å². The molecule has 1 nitrogen and oxygen atoms in total. The number of benzene rings is 2. The molecule has 0 aliphatic heterocycles. The van der Waals surface area contributed by atoms with E-state index in [1.807, 2.05) is 24.3 Å². The molecule has 21 heavy (non-hydrogen) atoms. The van der Waals surface area contributed by atoms with E-state index in [1.54, 1.807) is 12.1 Å². The van der Waals surface area contributed by atoms with Gasteiger partial charge in [-0.15, -0.1) is 0 Å². The maximum absolute atomic E-state index is 6.04. The van der Waals surface area contributed by atoms with Crippen LogP contribution < -0.4 is 5.32 Å². The van der Waals surface area contributed by atoms with Gasteiger partial charge < -0.3 is 5.32 Å². The number of hydrogen-bond donors (Lipinski definition) is 1. The Hall–Kier alpha value is -0.440. The van der Waals surface area contributed by atoms with Crippen molar-refractivity contribution in [1.29, 1.82) is 0 Å². The van der Waals surface area contributed by atoms with Gasteiger partial charge in [0.2, 0.25) is 0 Å². The van der Waals surface area contributed by atoms with Crippen molar-refractivity contribution in [1.82, 2.24) is 5.32 Å². The van der Waals surface area contributed by atoms with Gasteiger partial charge in [0.05, 0.1) is 0 Å². The molecule has 0 bridgehead atoms. The molecule has 0 fully saturated rings. The van der Waals surface area contributed by atoms with Gasteiger partial charge in [-0.2, -0.15) is 0 Å². The minimum Gasteiger partial charge on any atom is -0.304 e. The quantitative estimate of drug-likeness (QED) is 0.636. The highest BCUT2D eigenvalue weighted by molar-refractivity contribution is 6.35. The highest BCUT2D eigenvalue weighted by Crippen LogP contribution is 2.27. The highest BCUT2D eigenvalue weighted by Gasteiger charge is 2.13. The average Bonchev–Trinajstić information content (AvgIpc) is 2.36. The Morgan fingerprint density at radius 2 is 0.905 bits per heavy atom. The van der Waals surface area contributed by atoms with Crippen molar-refractivity contribution in [3.63, 3.8) is 0 Å². The van der Waals surface area contributed by atoms with Gasteiger partial charge in [0.25, 0.3) is 0 Å². The summed E-state index contributed by atoms with van der Waals surface area (Å²) >= 11 is 24.2. The van der Waals surface area contributed by atoms with Gasteiger partial charge in [-0.3, -0.25) is 0 Å². The van der Waals surface area contributed by atoms with Crippen LogP contribution in [0.15, 0.2) is 36.4 Å². The molecular weight excluding hydrogens is 348 g/mol. The summed E-state index contributed by atoms with van der Waals surface area (Å²) in [5.41, 5.74) is 2.07. The molecule has 0 aliphatic rings. The molecule has 0 aromatic heterocycles. The third-order valence-electron chi connectivity index (χ3n) is 3.27.